The van der Waals surface area contributed by atoms with Crippen LogP contribution in [0.2, 0.25) is 5.02 Å². The van der Waals surface area contributed by atoms with E-state index in [0.717, 1.165) is 6.54 Å². The van der Waals surface area contributed by atoms with E-state index in [2.05, 4.69) is 5.32 Å². The van der Waals surface area contributed by atoms with E-state index in [0.29, 0.717) is 11.6 Å². The number of carbonyl (C=O) groups excluding carboxylic acids is 1. The highest BCUT2D eigenvalue weighted by molar-refractivity contribution is 6.30. The number of benzene rings is 1. The summed E-state index contributed by atoms with van der Waals surface area (Å²) in [5, 5.41) is 3.58. The Morgan fingerprint density at radius 3 is 2.79 bits per heavy atom. The average Bonchev–Trinajstić information content (AvgIpc) is 2.31. The zero-order valence-electron chi connectivity index (χ0n) is 10.8. The molecule has 6 heteroatoms. The predicted molar refractivity (Wildman–Crippen MR) is 76.6 cm³/mol. The van der Waals surface area contributed by atoms with Crippen LogP contribution in [0.25, 0.3) is 0 Å². The molecule has 1 amide bonds. The van der Waals surface area contributed by atoms with Gasteiger partial charge in [-0.05, 0) is 32.0 Å². The fourth-order valence-corrected chi connectivity index (χ4v) is 2.28. The van der Waals surface area contributed by atoms with Gasteiger partial charge < -0.3 is 10.2 Å². The van der Waals surface area contributed by atoms with Crippen LogP contribution >= 0.6 is 24.0 Å². The van der Waals surface area contributed by atoms with Gasteiger partial charge in [0.25, 0.3) is 5.91 Å². The van der Waals surface area contributed by atoms with Gasteiger partial charge in [-0.2, -0.15) is 0 Å². The topological polar surface area (TPSA) is 32.3 Å². The van der Waals surface area contributed by atoms with Crippen LogP contribution in [0.5, 0.6) is 0 Å². The predicted octanol–water partition coefficient (Wildman–Crippen LogP) is 2.72. The summed E-state index contributed by atoms with van der Waals surface area (Å²) in [5.74, 6) is -0.837. The minimum absolute atomic E-state index is 0. The summed E-state index contributed by atoms with van der Waals surface area (Å²) >= 11 is 5.68. The third-order valence-corrected chi connectivity index (χ3v) is 3.42. The molecule has 2 rings (SSSR count). The molecular weight excluding hydrogens is 290 g/mol. The Balaban J connectivity index is 0.00000180. The van der Waals surface area contributed by atoms with E-state index >= 15 is 0 Å². The van der Waals surface area contributed by atoms with E-state index < -0.39 is 5.82 Å². The highest BCUT2D eigenvalue weighted by Crippen LogP contribution is 2.18. The first-order chi connectivity index (χ1) is 8.49. The monoisotopic (exact) mass is 306 g/mol. The van der Waals surface area contributed by atoms with Crippen molar-refractivity contribution in [2.45, 2.75) is 25.9 Å². The van der Waals surface area contributed by atoms with Crippen molar-refractivity contribution in [3.8, 4) is 0 Å². The van der Waals surface area contributed by atoms with E-state index in [4.69, 9.17) is 11.6 Å². The van der Waals surface area contributed by atoms with Crippen LogP contribution in [0, 0.1) is 5.82 Å². The number of nitrogens with zero attached hydrogens (tertiary/aromatic N) is 1. The second-order valence-electron chi connectivity index (χ2n) is 4.74. The third kappa shape index (κ3) is 3.59. The number of amides is 1. The lowest BCUT2D eigenvalue weighted by molar-refractivity contribution is 0.0611. The molecule has 0 saturated carbocycles. The zero-order valence-corrected chi connectivity index (χ0v) is 12.4. The number of halogens is 3. The van der Waals surface area contributed by atoms with Crippen LogP contribution in [0.15, 0.2) is 18.2 Å². The van der Waals surface area contributed by atoms with Crippen molar-refractivity contribution in [1.82, 2.24) is 10.2 Å². The standard InChI is InChI=1S/C13H16ClFN2O.ClH/c1-8-7-17(9(2)6-16-8)13(18)11-4-3-10(14)5-12(11)15;/h3-5,8-9,16H,6-7H2,1-2H3;1H. The highest BCUT2D eigenvalue weighted by atomic mass is 35.5. The van der Waals surface area contributed by atoms with Crippen molar-refractivity contribution >= 4 is 29.9 Å². The van der Waals surface area contributed by atoms with Gasteiger partial charge in [0.05, 0.1) is 5.56 Å². The molecule has 1 fully saturated rings. The molecule has 3 nitrogen and oxygen atoms in total. The Hall–Kier alpha value is -0.840. The quantitative estimate of drug-likeness (QED) is 0.865. The highest BCUT2D eigenvalue weighted by Gasteiger charge is 2.28. The molecule has 1 aliphatic rings. The normalized spacial score (nSPS) is 22.8. The number of rotatable bonds is 1. The van der Waals surface area contributed by atoms with E-state index in [1.807, 2.05) is 13.8 Å². The molecule has 0 aliphatic carbocycles. The summed E-state index contributed by atoms with van der Waals surface area (Å²) in [6.07, 6.45) is 0. The van der Waals surface area contributed by atoms with Crippen molar-refractivity contribution in [3.63, 3.8) is 0 Å². The second-order valence-corrected chi connectivity index (χ2v) is 5.18. The summed E-state index contributed by atoms with van der Waals surface area (Å²) in [4.78, 5) is 14.0. The molecular formula is C13H17Cl2FN2O. The van der Waals surface area contributed by atoms with Gasteiger partial charge in [-0.25, -0.2) is 4.39 Å². The molecule has 1 N–H and O–H groups in total. The Morgan fingerprint density at radius 1 is 1.47 bits per heavy atom. The number of piperazine rings is 1. The smallest absolute Gasteiger partial charge is 0.257 e. The molecule has 106 valence electrons. The summed E-state index contributed by atoms with van der Waals surface area (Å²) in [7, 11) is 0. The molecule has 1 saturated heterocycles. The SMILES string of the molecule is CC1CN(C(=O)c2ccc(Cl)cc2F)C(C)CN1.Cl. The molecule has 1 aliphatic heterocycles. The van der Waals surface area contributed by atoms with Gasteiger partial charge in [-0.15, -0.1) is 12.4 Å². The Labute approximate surface area is 123 Å². The summed E-state index contributed by atoms with van der Waals surface area (Å²) < 4.78 is 13.7. The summed E-state index contributed by atoms with van der Waals surface area (Å²) in [6, 6.07) is 4.43. The fourth-order valence-electron chi connectivity index (χ4n) is 2.12. The Kier molecular flexibility index (Phi) is 5.59. The maximum atomic E-state index is 13.7. The molecule has 0 spiro atoms. The average molecular weight is 307 g/mol. The van der Waals surface area contributed by atoms with Crippen LogP contribution in [-0.2, 0) is 0 Å². The molecule has 19 heavy (non-hydrogen) atoms. The summed E-state index contributed by atoms with van der Waals surface area (Å²) in [6.45, 7) is 5.26. The molecule has 1 aromatic rings. The number of carbonyl (C=O) groups is 1. The molecule has 0 radical (unpaired) electrons. The maximum Gasteiger partial charge on any atom is 0.257 e. The van der Waals surface area contributed by atoms with Gasteiger partial charge in [0.15, 0.2) is 0 Å². The van der Waals surface area contributed by atoms with Gasteiger partial charge in [0, 0.05) is 30.2 Å². The van der Waals surface area contributed by atoms with Crippen LogP contribution in [0.1, 0.15) is 24.2 Å². The van der Waals surface area contributed by atoms with E-state index in [1.54, 1.807) is 4.90 Å². The summed E-state index contributed by atoms with van der Waals surface area (Å²) in [5.41, 5.74) is 0.0837. The zero-order chi connectivity index (χ0) is 13.3. The molecule has 1 heterocycles. The van der Waals surface area contributed by atoms with Crippen molar-refractivity contribution in [2.24, 2.45) is 0 Å². The Bertz CT molecular complexity index is 470. The van der Waals surface area contributed by atoms with Crippen molar-refractivity contribution < 1.29 is 9.18 Å². The largest absolute Gasteiger partial charge is 0.333 e. The molecule has 1 aromatic carbocycles. The van der Waals surface area contributed by atoms with Crippen LogP contribution in [0.4, 0.5) is 4.39 Å². The lowest BCUT2D eigenvalue weighted by Crippen LogP contribution is -2.56. The molecule has 2 unspecified atom stereocenters. The molecule has 0 bridgehead atoms. The van der Waals surface area contributed by atoms with Crippen molar-refractivity contribution in [1.29, 1.82) is 0 Å². The van der Waals surface area contributed by atoms with Gasteiger partial charge in [-0.1, -0.05) is 11.6 Å². The van der Waals surface area contributed by atoms with Gasteiger partial charge >= 0.3 is 0 Å². The first-order valence-corrected chi connectivity index (χ1v) is 6.36. The van der Waals surface area contributed by atoms with Gasteiger partial charge in [-0.3, -0.25) is 4.79 Å². The lowest BCUT2D eigenvalue weighted by Gasteiger charge is -2.37. The minimum atomic E-state index is -0.564. The fraction of sp³-hybridized carbons (Fsp3) is 0.462. The van der Waals surface area contributed by atoms with Gasteiger partial charge in [0.2, 0.25) is 0 Å². The van der Waals surface area contributed by atoms with Crippen LogP contribution < -0.4 is 5.32 Å². The number of hydrogen-bond donors (Lipinski definition) is 1. The second kappa shape index (κ2) is 6.55. The van der Waals surface area contributed by atoms with Crippen LogP contribution in [-0.4, -0.2) is 36.0 Å². The van der Waals surface area contributed by atoms with Crippen molar-refractivity contribution in [3.05, 3.63) is 34.6 Å². The van der Waals surface area contributed by atoms with Crippen molar-refractivity contribution in [2.75, 3.05) is 13.1 Å². The number of nitrogens with one attached hydrogen (secondary N) is 1. The van der Waals surface area contributed by atoms with E-state index in [1.165, 1.54) is 18.2 Å². The minimum Gasteiger partial charge on any atom is -0.333 e. The van der Waals surface area contributed by atoms with E-state index in [-0.39, 0.29) is 36.0 Å². The third-order valence-electron chi connectivity index (χ3n) is 3.19. The lowest BCUT2D eigenvalue weighted by atomic mass is 10.1. The molecule has 0 aromatic heterocycles. The first kappa shape index (κ1) is 16.2. The van der Waals surface area contributed by atoms with Gasteiger partial charge in [0.1, 0.15) is 5.82 Å². The first-order valence-electron chi connectivity index (χ1n) is 5.98. The Morgan fingerprint density at radius 2 is 2.16 bits per heavy atom. The van der Waals surface area contributed by atoms with Crippen LogP contribution in [0.3, 0.4) is 0 Å². The number of hydrogen-bond acceptors (Lipinski definition) is 2. The molecule has 2 atom stereocenters. The van der Waals surface area contributed by atoms with E-state index in [9.17, 15) is 9.18 Å². The maximum absolute atomic E-state index is 13.7.